The second-order valence-electron chi connectivity index (χ2n) is 5.10. The van der Waals surface area contributed by atoms with E-state index in [9.17, 15) is 9.59 Å². The van der Waals surface area contributed by atoms with Gasteiger partial charge in [0, 0.05) is 32.4 Å². The smallest absolute Gasteiger partial charge is 0.320 e. The number of hydrogen-bond donors (Lipinski definition) is 0. The molecule has 0 atom stereocenters. The van der Waals surface area contributed by atoms with E-state index in [2.05, 4.69) is 4.98 Å². The Morgan fingerprint density at radius 1 is 1.27 bits per heavy atom. The number of esters is 1. The molecule has 0 aromatic carbocycles. The third-order valence-electron chi connectivity index (χ3n) is 3.51. The molecular formula is C15H20ClN3O3. The first-order valence-electron chi connectivity index (χ1n) is 7.39. The quantitative estimate of drug-likeness (QED) is 0.619. The fraction of sp³-hybridized carbons (Fsp3) is 0.533. The van der Waals surface area contributed by atoms with Crippen molar-refractivity contribution >= 4 is 23.5 Å². The zero-order chi connectivity index (χ0) is 15.9. The van der Waals surface area contributed by atoms with Gasteiger partial charge in [-0.1, -0.05) is 11.6 Å². The highest BCUT2D eigenvalue weighted by Gasteiger charge is 2.21. The number of aromatic nitrogens is 1. The topological polar surface area (TPSA) is 62.7 Å². The molecule has 1 aliphatic rings. The van der Waals surface area contributed by atoms with Crippen LogP contribution in [0, 0.1) is 0 Å². The van der Waals surface area contributed by atoms with E-state index in [0.717, 1.165) is 13.0 Å². The van der Waals surface area contributed by atoms with Crippen molar-refractivity contribution in [1.29, 1.82) is 0 Å². The molecule has 0 saturated carbocycles. The summed E-state index contributed by atoms with van der Waals surface area (Å²) in [5, 5.41) is 0.369. The van der Waals surface area contributed by atoms with Crippen molar-refractivity contribution in [3.05, 3.63) is 29.0 Å². The number of carbonyl (C=O) groups is 2. The van der Waals surface area contributed by atoms with Crippen LogP contribution < -0.4 is 0 Å². The minimum absolute atomic E-state index is 0.0536. The summed E-state index contributed by atoms with van der Waals surface area (Å²) in [7, 11) is 0. The number of nitrogens with zero attached hydrogens (tertiary/aromatic N) is 3. The summed E-state index contributed by atoms with van der Waals surface area (Å²) in [6.07, 6.45) is 2.32. The van der Waals surface area contributed by atoms with Gasteiger partial charge in [0.1, 0.15) is 5.15 Å². The molecule has 0 unspecified atom stereocenters. The first-order valence-corrected chi connectivity index (χ1v) is 7.76. The average molecular weight is 326 g/mol. The van der Waals surface area contributed by atoms with E-state index in [4.69, 9.17) is 16.3 Å². The summed E-state index contributed by atoms with van der Waals surface area (Å²) >= 11 is 5.74. The molecule has 1 saturated heterocycles. The van der Waals surface area contributed by atoms with Gasteiger partial charge in [0.25, 0.3) is 5.91 Å². The molecule has 1 amide bonds. The van der Waals surface area contributed by atoms with Crippen LogP contribution in [-0.4, -0.2) is 66.0 Å². The van der Waals surface area contributed by atoms with Gasteiger partial charge in [0.05, 0.1) is 18.7 Å². The van der Waals surface area contributed by atoms with Crippen molar-refractivity contribution in [2.45, 2.75) is 13.3 Å². The lowest BCUT2D eigenvalue weighted by Gasteiger charge is -2.21. The third kappa shape index (κ3) is 4.68. The second kappa shape index (κ2) is 8.10. The molecule has 1 fully saturated rings. The van der Waals surface area contributed by atoms with Gasteiger partial charge in [0.2, 0.25) is 0 Å². The predicted octanol–water partition coefficient (Wildman–Crippen LogP) is 1.45. The van der Waals surface area contributed by atoms with Crippen molar-refractivity contribution < 1.29 is 14.3 Å². The lowest BCUT2D eigenvalue weighted by Crippen LogP contribution is -2.37. The number of hydrogen-bond acceptors (Lipinski definition) is 5. The molecule has 120 valence electrons. The third-order valence-corrected chi connectivity index (χ3v) is 3.73. The zero-order valence-electron chi connectivity index (χ0n) is 12.6. The number of carbonyl (C=O) groups excluding carboxylic acids is 2. The van der Waals surface area contributed by atoms with Gasteiger partial charge in [-0.25, -0.2) is 4.98 Å². The summed E-state index contributed by atoms with van der Waals surface area (Å²) < 4.78 is 4.96. The van der Waals surface area contributed by atoms with Gasteiger partial charge in [-0.2, -0.15) is 0 Å². The number of rotatable bonds is 4. The Bertz CT molecular complexity index is 521. The summed E-state index contributed by atoms with van der Waals surface area (Å²) in [5.74, 6) is -0.272. The molecule has 0 radical (unpaired) electrons. The molecule has 22 heavy (non-hydrogen) atoms. The number of halogens is 1. The highest BCUT2D eigenvalue weighted by Crippen LogP contribution is 2.11. The van der Waals surface area contributed by atoms with E-state index < -0.39 is 0 Å². The Morgan fingerprint density at radius 2 is 2.09 bits per heavy atom. The molecule has 1 aliphatic heterocycles. The van der Waals surface area contributed by atoms with Crippen LogP contribution >= 0.6 is 11.6 Å². The van der Waals surface area contributed by atoms with Gasteiger partial charge >= 0.3 is 5.97 Å². The average Bonchev–Trinajstić information content (AvgIpc) is 2.73. The van der Waals surface area contributed by atoms with Crippen LogP contribution in [0.2, 0.25) is 5.15 Å². The highest BCUT2D eigenvalue weighted by molar-refractivity contribution is 6.29. The molecule has 0 aliphatic carbocycles. The summed E-state index contributed by atoms with van der Waals surface area (Å²) in [6, 6.07) is 3.29. The van der Waals surface area contributed by atoms with Crippen LogP contribution in [0.4, 0.5) is 0 Å². The minimum Gasteiger partial charge on any atom is -0.465 e. The molecular weight excluding hydrogens is 306 g/mol. The summed E-state index contributed by atoms with van der Waals surface area (Å²) in [4.78, 5) is 31.7. The maximum absolute atomic E-state index is 12.4. The zero-order valence-corrected chi connectivity index (χ0v) is 13.4. The molecule has 2 rings (SSSR count). The van der Waals surface area contributed by atoms with Crippen molar-refractivity contribution in [1.82, 2.24) is 14.8 Å². The van der Waals surface area contributed by atoms with E-state index in [1.54, 1.807) is 24.0 Å². The van der Waals surface area contributed by atoms with Crippen molar-refractivity contribution in [3.63, 3.8) is 0 Å². The number of amides is 1. The Hall–Kier alpha value is -1.66. The van der Waals surface area contributed by atoms with E-state index in [1.807, 2.05) is 4.90 Å². The normalized spacial score (nSPS) is 16.2. The van der Waals surface area contributed by atoms with Gasteiger partial charge in [-0.3, -0.25) is 14.5 Å². The molecule has 1 aromatic rings. The molecule has 1 aromatic heterocycles. The van der Waals surface area contributed by atoms with E-state index in [0.29, 0.717) is 37.0 Å². The monoisotopic (exact) mass is 325 g/mol. The molecule has 0 N–H and O–H groups in total. The Balaban J connectivity index is 1.91. The van der Waals surface area contributed by atoms with Crippen LogP contribution in [0.5, 0.6) is 0 Å². The van der Waals surface area contributed by atoms with Gasteiger partial charge in [0.15, 0.2) is 0 Å². The molecule has 0 spiro atoms. The van der Waals surface area contributed by atoms with E-state index in [1.165, 1.54) is 6.20 Å². The van der Waals surface area contributed by atoms with Crippen LogP contribution in [0.25, 0.3) is 0 Å². The molecule has 0 bridgehead atoms. The van der Waals surface area contributed by atoms with E-state index >= 15 is 0 Å². The van der Waals surface area contributed by atoms with Crippen LogP contribution in [0.3, 0.4) is 0 Å². The molecule has 7 heteroatoms. The second-order valence-corrected chi connectivity index (χ2v) is 5.48. The number of pyridine rings is 1. The lowest BCUT2D eigenvalue weighted by atomic mass is 10.2. The fourth-order valence-corrected chi connectivity index (χ4v) is 2.52. The molecule has 2 heterocycles. The maximum Gasteiger partial charge on any atom is 0.320 e. The summed E-state index contributed by atoms with van der Waals surface area (Å²) in [5.41, 5.74) is 0.531. The van der Waals surface area contributed by atoms with E-state index in [-0.39, 0.29) is 18.4 Å². The lowest BCUT2D eigenvalue weighted by molar-refractivity contribution is -0.144. The van der Waals surface area contributed by atoms with Crippen molar-refractivity contribution in [3.8, 4) is 0 Å². The van der Waals surface area contributed by atoms with Crippen LogP contribution in [0.15, 0.2) is 18.3 Å². The van der Waals surface area contributed by atoms with Gasteiger partial charge in [-0.15, -0.1) is 0 Å². The highest BCUT2D eigenvalue weighted by atomic mass is 35.5. The fourth-order valence-electron chi connectivity index (χ4n) is 2.41. The summed E-state index contributed by atoms with van der Waals surface area (Å²) in [6.45, 7) is 5.15. The largest absolute Gasteiger partial charge is 0.465 e. The van der Waals surface area contributed by atoms with Gasteiger partial charge < -0.3 is 9.64 Å². The number of ether oxygens (including phenoxy) is 1. The predicted molar refractivity (Wildman–Crippen MR) is 82.8 cm³/mol. The molecule has 6 nitrogen and oxygen atoms in total. The van der Waals surface area contributed by atoms with Crippen LogP contribution in [-0.2, 0) is 9.53 Å². The Labute approximate surface area is 135 Å². The maximum atomic E-state index is 12.4. The minimum atomic E-state index is -0.218. The van der Waals surface area contributed by atoms with Crippen molar-refractivity contribution in [2.75, 3.05) is 39.3 Å². The Morgan fingerprint density at radius 3 is 2.77 bits per heavy atom. The first-order chi connectivity index (χ1) is 10.6. The standard InChI is InChI=1S/C15H20ClN3O3/c1-2-22-14(20)11-18-6-3-7-19(9-8-18)15(21)12-4-5-13(16)17-10-12/h4-5,10H,2-3,6-9,11H2,1H3. The SMILES string of the molecule is CCOC(=O)CN1CCCN(C(=O)c2ccc(Cl)nc2)CC1. The Kier molecular flexibility index (Phi) is 6.15. The first kappa shape index (κ1) is 16.7. The van der Waals surface area contributed by atoms with Gasteiger partial charge in [-0.05, 0) is 25.5 Å². The van der Waals surface area contributed by atoms with Crippen LogP contribution in [0.1, 0.15) is 23.7 Å². The van der Waals surface area contributed by atoms with Crippen molar-refractivity contribution in [2.24, 2.45) is 0 Å².